The zero-order valence-electron chi connectivity index (χ0n) is 11.2. The van der Waals surface area contributed by atoms with Crippen LogP contribution < -0.4 is 4.74 Å². The number of benzene rings is 1. The number of nitro groups is 1. The van der Waals surface area contributed by atoms with Gasteiger partial charge in [0, 0.05) is 6.07 Å². The van der Waals surface area contributed by atoms with Gasteiger partial charge in [0.1, 0.15) is 0 Å². The topological polar surface area (TPSA) is 113 Å². The van der Waals surface area contributed by atoms with Crippen LogP contribution in [0, 0.1) is 25.0 Å². The van der Waals surface area contributed by atoms with Crippen LogP contribution in [0.15, 0.2) is 12.1 Å². The van der Waals surface area contributed by atoms with Gasteiger partial charge in [-0.15, -0.1) is 0 Å². The molecular weight excluding hydrogens is 391 g/mol. The molecule has 0 spiro atoms. The van der Waals surface area contributed by atoms with Crippen LogP contribution in [0.5, 0.6) is 5.75 Å². The van der Waals surface area contributed by atoms with Crippen LogP contribution >= 0.6 is 22.6 Å². The molecule has 8 heteroatoms. The summed E-state index contributed by atoms with van der Waals surface area (Å²) in [5.41, 5.74) is -0.278. The summed E-state index contributed by atoms with van der Waals surface area (Å²) in [5, 5.41) is 29.0. The van der Waals surface area contributed by atoms with Crippen molar-refractivity contribution >= 4 is 34.2 Å². The molecule has 0 bridgehead atoms. The molecule has 0 fully saturated rings. The summed E-state index contributed by atoms with van der Waals surface area (Å²) in [6.45, 7) is 1.91. The summed E-state index contributed by atoms with van der Waals surface area (Å²) >= 11 is 1.79. The van der Waals surface area contributed by atoms with Crippen LogP contribution in [0.3, 0.4) is 0 Å². The molecule has 21 heavy (non-hydrogen) atoms. The van der Waals surface area contributed by atoms with Crippen molar-refractivity contribution in [3.05, 3.63) is 31.4 Å². The Balaban J connectivity index is 3.19. The molecule has 0 saturated heterocycles. The standard InChI is InChI=1S/C13H13IN2O5/c1-2-3-4-11(13(17)18)21-12-9(14)5-8(7-15)6-10(12)16(19)20/h5-6,11H,2-4H2,1H3,(H,17,18). The zero-order chi connectivity index (χ0) is 16.0. The van der Waals surface area contributed by atoms with E-state index in [1.165, 1.54) is 6.07 Å². The molecule has 0 radical (unpaired) electrons. The van der Waals surface area contributed by atoms with E-state index in [2.05, 4.69) is 0 Å². The number of nitrogens with zero attached hydrogens (tertiary/aromatic N) is 2. The second kappa shape index (κ2) is 7.78. The molecule has 0 amide bonds. The highest BCUT2D eigenvalue weighted by Gasteiger charge is 2.26. The van der Waals surface area contributed by atoms with Gasteiger partial charge in [-0.2, -0.15) is 5.26 Å². The van der Waals surface area contributed by atoms with Crippen molar-refractivity contribution in [1.82, 2.24) is 0 Å². The van der Waals surface area contributed by atoms with E-state index in [0.29, 0.717) is 9.99 Å². The van der Waals surface area contributed by atoms with E-state index in [-0.39, 0.29) is 17.7 Å². The summed E-state index contributed by atoms with van der Waals surface area (Å²) in [6, 6.07) is 4.32. The van der Waals surface area contributed by atoms with Gasteiger partial charge < -0.3 is 9.84 Å². The Labute approximate surface area is 134 Å². The number of hydrogen-bond donors (Lipinski definition) is 1. The van der Waals surface area contributed by atoms with Crippen LogP contribution in [0.1, 0.15) is 31.7 Å². The first-order valence-electron chi connectivity index (χ1n) is 6.18. The predicted octanol–water partition coefficient (Wildman–Crippen LogP) is 3.09. The third-order valence-corrected chi connectivity index (χ3v) is 3.51. The lowest BCUT2D eigenvalue weighted by Gasteiger charge is -2.16. The SMILES string of the molecule is CCCCC(Oc1c(I)cc(C#N)cc1[N+](=O)[O-])C(=O)O. The first-order valence-corrected chi connectivity index (χ1v) is 7.26. The van der Waals surface area contributed by atoms with Gasteiger partial charge in [-0.25, -0.2) is 4.79 Å². The van der Waals surface area contributed by atoms with E-state index >= 15 is 0 Å². The third kappa shape index (κ3) is 4.56. The number of carboxylic acid groups (broad SMARTS) is 1. The van der Waals surface area contributed by atoms with Gasteiger partial charge in [0.2, 0.25) is 5.75 Å². The number of nitro benzene ring substituents is 1. The van der Waals surface area contributed by atoms with Gasteiger partial charge in [0.25, 0.3) is 0 Å². The van der Waals surface area contributed by atoms with Gasteiger partial charge in [-0.05, 0) is 41.5 Å². The van der Waals surface area contributed by atoms with E-state index in [9.17, 15) is 14.9 Å². The molecule has 0 aliphatic heterocycles. The third-order valence-electron chi connectivity index (χ3n) is 2.71. The number of carbonyl (C=O) groups is 1. The molecule has 1 unspecified atom stereocenters. The Morgan fingerprint density at radius 2 is 2.29 bits per heavy atom. The first-order chi connectivity index (χ1) is 9.90. The average molecular weight is 404 g/mol. The van der Waals surface area contributed by atoms with Gasteiger partial charge >= 0.3 is 11.7 Å². The molecule has 0 aromatic heterocycles. The molecule has 7 nitrogen and oxygen atoms in total. The minimum absolute atomic E-state index is 0.108. The number of aliphatic carboxylic acids is 1. The van der Waals surface area contributed by atoms with E-state index in [4.69, 9.17) is 15.1 Å². The molecule has 0 saturated carbocycles. The van der Waals surface area contributed by atoms with Crippen molar-refractivity contribution in [2.75, 3.05) is 0 Å². The van der Waals surface area contributed by atoms with E-state index in [0.717, 1.165) is 12.5 Å². The van der Waals surface area contributed by atoms with Crippen LogP contribution in [0.25, 0.3) is 0 Å². The maximum atomic E-state index is 11.2. The van der Waals surface area contributed by atoms with E-state index in [1.807, 2.05) is 13.0 Å². The van der Waals surface area contributed by atoms with Crippen molar-refractivity contribution < 1.29 is 19.6 Å². The van der Waals surface area contributed by atoms with Crippen LogP contribution in [-0.2, 0) is 4.79 Å². The van der Waals surface area contributed by atoms with Gasteiger partial charge in [-0.3, -0.25) is 10.1 Å². The molecule has 1 aromatic rings. The summed E-state index contributed by atoms with van der Waals surface area (Å²) < 4.78 is 5.68. The quantitative estimate of drug-likeness (QED) is 0.425. The summed E-state index contributed by atoms with van der Waals surface area (Å²) in [6.07, 6.45) is 0.543. The highest BCUT2D eigenvalue weighted by molar-refractivity contribution is 14.1. The lowest BCUT2D eigenvalue weighted by Crippen LogP contribution is -2.27. The number of carboxylic acids is 1. The normalized spacial score (nSPS) is 11.5. The molecule has 1 atom stereocenters. The Morgan fingerprint density at radius 1 is 1.62 bits per heavy atom. The number of unbranched alkanes of at least 4 members (excludes halogenated alkanes) is 1. The average Bonchev–Trinajstić information content (AvgIpc) is 2.43. The fraction of sp³-hybridized carbons (Fsp3) is 0.385. The number of halogens is 1. The van der Waals surface area contributed by atoms with Crippen LogP contribution in [0.2, 0.25) is 0 Å². The van der Waals surface area contributed by atoms with Gasteiger partial charge in [0.05, 0.1) is 20.1 Å². The monoisotopic (exact) mass is 404 g/mol. The van der Waals surface area contributed by atoms with Crippen LogP contribution in [0.4, 0.5) is 5.69 Å². The molecule has 1 aromatic carbocycles. The Bertz CT molecular complexity index is 597. The second-order valence-corrected chi connectivity index (χ2v) is 5.42. The molecule has 0 aliphatic carbocycles. The number of rotatable bonds is 7. The second-order valence-electron chi connectivity index (χ2n) is 4.26. The Morgan fingerprint density at radius 3 is 2.76 bits per heavy atom. The van der Waals surface area contributed by atoms with Crippen molar-refractivity contribution in [3.8, 4) is 11.8 Å². The first kappa shape index (κ1) is 17.2. The molecule has 0 aliphatic rings. The molecule has 112 valence electrons. The van der Waals surface area contributed by atoms with Gasteiger partial charge in [0.15, 0.2) is 6.10 Å². The van der Waals surface area contributed by atoms with Crippen molar-refractivity contribution in [2.24, 2.45) is 0 Å². The summed E-state index contributed by atoms with van der Waals surface area (Å²) in [4.78, 5) is 21.6. The van der Waals surface area contributed by atoms with E-state index in [1.54, 1.807) is 22.6 Å². The van der Waals surface area contributed by atoms with Crippen molar-refractivity contribution in [3.63, 3.8) is 0 Å². The van der Waals surface area contributed by atoms with Crippen molar-refractivity contribution in [2.45, 2.75) is 32.3 Å². The maximum Gasteiger partial charge on any atom is 0.344 e. The van der Waals surface area contributed by atoms with Crippen LogP contribution in [-0.4, -0.2) is 22.1 Å². The molecule has 1 N–H and O–H groups in total. The number of hydrogen-bond acceptors (Lipinski definition) is 5. The summed E-state index contributed by atoms with van der Waals surface area (Å²) in [7, 11) is 0. The number of nitriles is 1. The molecular formula is C13H13IN2O5. The smallest absolute Gasteiger partial charge is 0.344 e. The predicted molar refractivity (Wildman–Crippen MR) is 82.1 cm³/mol. The Hall–Kier alpha value is -1.89. The largest absolute Gasteiger partial charge is 0.479 e. The fourth-order valence-electron chi connectivity index (χ4n) is 1.66. The minimum atomic E-state index is -1.17. The zero-order valence-corrected chi connectivity index (χ0v) is 13.4. The minimum Gasteiger partial charge on any atom is -0.479 e. The fourth-order valence-corrected chi connectivity index (χ4v) is 2.40. The lowest BCUT2D eigenvalue weighted by atomic mass is 10.1. The molecule has 1 rings (SSSR count). The van der Waals surface area contributed by atoms with Crippen molar-refractivity contribution in [1.29, 1.82) is 5.26 Å². The number of ether oxygens (including phenoxy) is 1. The maximum absolute atomic E-state index is 11.2. The van der Waals surface area contributed by atoms with Gasteiger partial charge in [-0.1, -0.05) is 13.3 Å². The lowest BCUT2D eigenvalue weighted by molar-refractivity contribution is -0.386. The summed E-state index contributed by atoms with van der Waals surface area (Å²) in [5.74, 6) is -1.28. The van der Waals surface area contributed by atoms with E-state index < -0.39 is 22.7 Å². The Kier molecular flexibility index (Phi) is 6.36. The molecule has 0 heterocycles. The highest BCUT2D eigenvalue weighted by Crippen LogP contribution is 2.34. The highest BCUT2D eigenvalue weighted by atomic mass is 127.